The average Bonchev–Trinajstić information content (AvgIpc) is 3.00. The number of thiocarbonyl (C=S) groups is 1. The Morgan fingerprint density at radius 2 is 1.65 bits per heavy atom. The number of hydrogen-bond acceptors (Lipinski definition) is 4. The lowest BCUT2D eigenvalue weighted by molar-refractivity contribution is 0.228. The van der Waals surface area contributed by atoms with Crippen LogP contribution in [-0.4, -0.2) is 46.3 Å². The van der Waals surface area contributed by atoms with Gasteiger partial charge >= 0.3 is 0 Å². The molecule has 2 aliphatic rings. The van der Waals surface area contributed by atoms with Crippen molar-refractivity contribution in [1.82, 2.24) is 4.90 Å². The third-order valence-electron chi connectivity index (χ3n) is 5.37. The highest BCUT2D eigenvalue weighted by molar-refractivity contribution is 7.80. The molecule has 4 rings (SSSR count). The highest BCUT2D eigenvalue weighted by Gasteiger charge is 2.37. The molecule has 0 spiro atoms. The number of piperidine rings is 1. The quantitative estimate of drug-likeness (QED) is 0.826. The van der Waals surface area contributed by atoms with E-state index in [2.05, 4.69) is 17.0 Å². The van der Waals surface area contributed by atoms with E-state index >= 15 is 0 Å². The standard InChI is InChI=1S/C22H24N2OS/c25-19-12-6-5-11-17(19)21-20(16-9-3-1-4-10-16)22(26)18(23-21)15-24-13-7-2-8-14-24/h1,3-6,9-12,18,20,25H,2,7-8,13-15H2. The molecule has 0 aromatic heterocycles. The molecule has 1 fully saturated rings. The number of phenols is 1. The smallest absolute Gasteiger partial charge is 0.124 e. The highest BCUT2D eigenvalue weighted by Crippen LogP contribution is 2.35. The van der Waals surface area contributed by atoms with Gasteiger partial charge in [0.1, 0.15) is 5.75 Å². The largest absolute Gasteiger partial charge is 0.507 e. The van der Waals surface area contributed by atoms with Crippen LogP contribution in [0.4, 0.5) is 0 Å². The maximum absolute atomic E-state index is 10.4. The second-order valence-corrected chi connectivity index (χ2v) is 7.63. The summed E-state index contributed by atoms with van der Waals surface area (Å²) in [5.41, 5.74) is 2.85. The Morgan fingerprint density at radius 1 is 0.962 bits per heavy atom. The lowest BCUT2D eigenvalue weighted by atomic mass is 9.87. The van der Waals surface area contributed by atoms with Gasteiger partial charge in [-0.25, -0.2) is 0 Å². The van der Waals surface area contributed by atoms with Gasteiger partial charge in [-0.15, -0.1) is 0 Å². The molecule has 2 aliphatic heterocycles. The molecule has 2 atom stereocenters. The van der Waals surface area contributed by atoms with Crippen molar-refractivity contribution in [3.8, 4) is 5.75 Å². The monoisotopic (exact) mass is 364 g/mol. The Bertz CT molecular complexity index is 812. The molecule has 2 unspecified atom stereocenters. The molecular formula is C22H24N2OS. The third kappa shape index (κ3) is 3.44. The Kier molecular flexibility index (Phi) is 5.14. The maximum Gasteiger partial charge on any atom is 0.124 e. The van der Waals surface area contributed by atoms with Gasteiger partial charge in [0.15, 0.2) is 0 Å². The van der Waals surface area contributed by atoms with Gasteiger partial charge < -0.3 is 10.0 Å². The lowest BCUT2D eigenvalue weighted by Gasteiger charge is -2.28. The van der Waals surface area contributed by atoms with Crippen molar-refractivity contribution in [3.05, 3.63) is 65.7 Å². The zero-order chi connectivity index (χ0) is 17.9. The molecule has 0 saturated carbocycles. The van der Waals surface area contributed by atoms with Crippen molar-refractivity contribution in [2.24, 2.45) is 4.99 Å². The number of nitrogens with zero attached hydrogens (tertiary/aromatic N) is 2. The Hall–Kier alpha value is -2.04. The minimum Gasteiger partial charge on any atom is -0.507 e. The molecule has 2 heterocycles. The molecule has 4 heteroatoms. The highest BCUT2D eigenvalue weighted by atomic mass is 32.1. The van der Waals surface area contributed by atoms with Crippen molar-refractivity contribution in [1.29, 1.82) is 0 Å². The van der Waals surface area contributed by atoms with Crippen molar-refractivity contribution >= 4 is 22.8 Å². The summed E-state index contributed by atoms with van der Waals surface area (Å²) in [5, 5.41) is 10.4. The van der Waals surface area contributed by atoms with Crippen LogP contribution in [0.1, 0.15) is 36.3 Å². The van der Waals surface area contributed by atoms with E-state index in [0.29, 0.717) is 0 Å². The predicted octanol–water partition coefficient (Wildman–Crippen LogP) is 4.20. The van der Waals surface area contributed by atoms with Crippen molar-refractivity contribution in [2.45, 2.75) is 31.2 Å². The van der Waals surface area contributed by atoms with Gasteiger partial charge in [-0.3, -0.25) is 4.99 Å². The number of para-hydroxylation sites is 1. The summed E-state index contributed by atoms with van der Waals surface area (Å²) in [6.07, 6.45) is 3.85. The molecule has 0 bridgehead atoms. The van der Waals surface area contributed by atoms with Gasteiger partial charge in [-0.2, -0.15) is 0 Å². The van der Waals surface area contributed by atoms with E-state index in [-0.39, 0.29) is 17.7 Å². The summed E-state index contributed by atoms with van der Waals surface area (Å²) in [5.74, 6) is 0.239. The first kappa shape index (κ1) is 17.4. The first-order valence-electron chi connectivity index (χ1n) is 9.41. The summed E-state index contributed by atoms with van der Waals surface area (Å²) in [4.78, 5) is 8.48. The van der Waals surface area contributed by atoms with Gasteiger partial charge in [0.05, 0.1) is 17.7 Å². The Balaban J connectivity index is 1.69. The molecule has 2 aromatic carbocycles. The number of likely N-dealkylation sites (tertiary alicyclic amines) is 1. The zero-order valence-electron chi connectivity index (χ0n) is 14.8. The third-order valence-corrected chi connectivity index (χ3v) is 5.88. The Labute approximate surface area is 160 Å². The number of aromatic hydroxyl groups is 1. The van der Waals surface area contributed by atoms with Crippen LogP contribution in [0.25, 0.3) is 0 Å². The fourth-order valence-electron chi connectivity index (χ4n) is 4.03. The normalized spacial score (nSPS) is 23.8. The first-order valence-corrected chi connectivity index (χ1v) is 9.82. The molecule has 1 N–H and O–H groups in total. The molecule has 134 valence electrons. The van der Waals surface area contributed by atoms with E-state index in [1.165, 1.54) is 19.3 Å². The van der Waals surface area contributed by atoms with Gasteiger partial charge in [0.25, 0.3) is 0 Å². The van der Waals surface area contributed by atoms with Crippen LogP contribution in [0.3, 0.4) is 0 Å². The predicted molar refractivity (Wildman–Crippen MR) is 111 cm³/mol. The first-order chi connectivity index (χ1) is 12.7. The minimum absolute atomic E-state index is 0.0166. The number of aliphatic imine (C=N–C) groups is 1. The van der Waals surface area contributed by atoms with Crippen molar-refractivity contribution in [3.63, 3.8) is 0 Å². The molecule has 0 amide bonds. The number of benzene rings is 2. The fourth-order valence-corrected chi connectivity index (χ4v) is 4.41. The van der Waals surface area contributed by atoms with E-state index < -0.39 is 0 Å². The summed E-state index contributed by atoms with van der Waals surface area (Å²) in [6.45, 7) is 3.16. The molecule has 2 aromatic rings. The molecular weight excluding hydrogens is 340 g/mol. The number of phenolic OH excluding ortho intramolecular Hbond substituents is 1. The van der Waals surface area contributed by atoms with Crippen LogP contribution in [0, 0.1) is 0 Å². The van der Waals surface area contributed by atoms with Crippen LogP contribution >= 0.6 is 12.2 Å². The van der Waals surface area contributed by atoms with Crippen LogP contribution in [0.15, 0.2) is 59.6 Å². The van der Waals surface area contributed by atoms with Crippen LogP contribution in [0.2, 0.25) is 0 Å². The number of hydrogen-bond donors (Lipinski definition) is 1. The molecule has 3 nitrogen and oxygen atoms in total. The Morgan fingerprint density at radius 3 is 2.38 bits per heavy atom. The minimum atomic E-state index is -0.0331. The van der Waals surface area contributed by atoms with Crippen molar-refractivity contribution < 1.29 is 5.11 Å². The van der Waals surface area contributed by atoms with Gasteiger partial charge in [-0.1, -0.05) is 61.1 Å². The summed E-state index contributed by atoms with van der Waals surface area (Å²) in [7, 11) is 0. The maximum atomic E-state index is 10.4. The topological polar surface area (TPSA) is 35.8 Å². The summed E-state index contributed by atoms with van der Waals surface area (Å²) >= 11 is 5.91. The van der Waals surface area contributed by atoms with Gasteiger partial charge in [0, 0.05) is 17.0 Å². The van der Waals surface area contributed by atoms with E-state index in [1.54, 1.807) is 6.07 Å². The summed E-state index contributed by atoms with van der Waals surface area (Å²) < 4.78 is 0. The zero-order valence-corrected chi connectivity index (χ0v) is 15.7. The van der Waals surface area contributed by atoms with E-state index in [0.717, 1.165) is 41.3 Å². The molecule has 1 saturated heterocycles. The second-order valence-electron chi connectivity index (χ2n) is 7.15. The van der Waals surface area contributed by atoms with Crippen LogP contribution in [-0.2, 0) is 0 Å². The second kappa shape index (κ2) is 7.68. The van der Waals surface area contributed by atoms with Gasteiger partial charge in [-0.05, 0) is 43.6 Å². The summed E-state index contributed by atoms with van der Waals surface area (Å²) in [6, 6.07) is 17.8. The van der Waals surface area contributed by atoms with Gasteiger partial charge in [0.2, 0.25) is 0 Å². The average molecular weight is 365 g/mol. The van der Waals surface area contributed by atoms with E-state index in [9.17, 15) is 5.11 Å². The lowest BCUT2D eigenvalue weighted by Crippen LogP contribution is -2.38. The van der Waals surface area contributed by atoms with E-state index in [1.807, 2.05) is 36.4 Å². The van der Waals surface area contributed by atoms with Crippen LogP contribution < -0.4 is 0 Å². The fraction of sp³-hybridized carbons (Fsp3) is 0.364. The molecule has 26 heavy (non-hydrogen) atoms. The van der Waals surface area contributed by atoms with Crippen LogP contribution in [0.5, 0.6) is 5.75 Å². The number of rotatable bonds is 4. The van der Waals surface area contributed by atoms with E-state index in [4.69, 9.17) is 17.2 Å². The SMILES string of the molecule is Oc1ccccc1C1=NC(CN2CCCCC2)C(=S)C1c1ccccc1. The van der Waals surface area contributed by atoms with Crippen molar-refractivity contribution in [2.75, 3.05) is 19.6 Å². The molecule has 0 radical (unpaired) electrons. The molecule has 0 aliphatic carbocycles.